The highest BCUT2D eigenvalue weighted by Crippen LogP contribution is 2.31. The lowest BCUT2D eigenvalue weighted by Gasteiger charge is -2.14. The Morgan fingerprint density at radius 2 is 1.57 bits per heavy atom. The Bertz CT molecular complexity index is 950. The molecule has 3 rings (SSSR count). The van der Waals surface area contributed by atoms with Gasteiger partial charge in [-0.25, -0.2) is 0 Å². The first-order chi connectivity index (χ1) is 13.6. The molecule has 3 aromatic rings. The van der Waals surface area contributed by atoms with E-state index in [1.807, 2.05) is 19.2 Å². The minimum absolute atomic E-state index is 0.667. The van der Waals surface area contributed by atoms with Crippen LogP contribution in [0.4, 0.5) is 0 Å². The Balaban J connectivity index is 1.80. The van der Waals surface area contributed by atoms with Crippen LogP contribution in [0.5, 0.6) is 0 Å². The molecule has 144 valence electrons. The fourth-order valence-corrected chi connectivity index (χ4v) is 4.59. The minimum Gasteiger partial charge on any atom is -0.316 e. The second-order valence-corrected chi connectivity index (χ2v) is 8.49. The highest BCUT2D eigenvalue weighted by atomic mass is 35.5. The maximum absolute atomic E-state index is 6.29. The van der Waals surface area contributed by atoms with Crippen LogP contribution in [-0.4, -0.2) is 13.6 Å². The third kappa shape index (κ3) is 5.42. The van der Waals surface area contributed by atoms with Crippen molar-refractivity contribution in [2.45, 2.75) is 17.6 Å². The van der Waals surface area contributed by atoms with E-state index in [4.69, 9.17) is 23.2 Å². The van der Waals surface area contributed by atoms with Gasteiger partial charge in [0.15, 0.2) is 0 Å². The van der Waals surface area contributed by atoms with Gasteiger partial charge < -0.3 is 5.32 Å². The van der Waals surface area contributed by atoms with Crippen LogP contribution in [0, 0.1) is 0 Å². The molecule has 0 aliphatic heterocycles. The van der Waals surface area contributed by atoms with Gasteiger partial charge in [0.2, 0.25) is 0 Å². The molecule has 0 heterocycles. The fraction of sp³-hybridized carbons (Fsp3) is 0.167. The number of hydrogen-bond donors (Lipinski definition) is 1. The first-order valence-corrected chi connectivity index (χ1v) is 10.9. The second-order valence-electron chi connectivity index (χ2n) is 6.60. The average molecular weight is 428 g/mol. The molecule has 0 fully saturated rings. The number of thioether (sulfide) groups is 1. The topological polar surface area (TPSA) is 12.0 Å². The fourth-order valence-electron chi connectivity index (χ4n) is 3.14. The van der Waals surface area contributed by atoms with Crippen LogP contribution >= 0.6 is 35.0 Å². The zero-order chi connectivity index (χ0) is 19.9. The monoisotopic (exact) mass is 427 g/mol. The van der Waals surface area contributed by atoms with E-state index in [0.29, 0.717) is 10.0 Å². The van der Waals surface area contributed by atoms with Crippen molar-refractivity contribution in [2.75, 3.05) is 13.6 Å². The predicted molar refractivity (Wildman–Crippen MR) is 125 cm³/mol. The first kappa shape index (κ1) is 21.0. The third-order valence-electron chi connectivity index (χ3n) is 4.48. The van der Waals surface area contributed by atoms with Crippen LogP contribution in [-0.2, 0) is 5.75 Å². The van der Waals surface area contributed by atoms with Crippen LogP contribution in [0.15, 0.2) is 83.3 Å². The van der Waals surface area contributed by atoms with Crippen molar-refractivity contribution >= 4 is 40.5 Å². The number of likely N-dealkylation sites (N-methyl/N-ethyl adjacent to an activating group) is 1. The molecule has 4 heteroatoms. The first-order valence-electron chi connectivity index (χ1n) is 9.15. The lowest BCUT2D eigenvalue weighted by atomic mass is 9.93. The smallest absolute Gasteiger partial charge is 0.0461 e. The molecule has 3 aromatic carbocycles. The number of rotatable bonds is 7. The summed E-state index contributed by atoms with van der Waals surface area (Å²) in [6, 6.07) is 25.0. The molecule has 28 heavy (non-hydrogen) atoms. The Morgan fingerprint density at radius 3 is 2.21 bits per heavy atom. The Hall–Kier alpha value is -1.71. The lowest BCUT2D eigenvalue weighted by Crippen LogP contribution is -2.10. The molecule has 1 N–H and O–H groups in total. The molecule has 0 unspecified atom stereocenters. The van der Waals surface area contributed by atoms with Crippen molar-refractivity contribution in [1.29, 1.82) is 0 Å². The average Bonchev–Trinajstić information content (AvgIpc) is 2.70. The van der Waals surface area contributed by atoms with Gasteiger partial charge in [0.1, 0.15) is 0 Å². The van der Waals surface area contributed by atoms with Gasteiger partial charge in [-0.05, 0) is 60.5 Å². The molecule has 0 amide bonds. The van der Waals surface area contributed by atoms with Crippen molar-refractivity contribution in [1.82, 2.24) is 5.32 Å². The van der Waals surface area contributed by atoms with Crippen LogP contribution in [0.1, 0.15) is 23.6 Å². The quantitative estimate of drug-likeness (QED) is 0.396. The molecule has 0 spiro atoms. The van der Waals surface area contributed by atoms with E-state index in [1.54, 1.807) is 17.8 Å². The van der Waals surface area contributed by atoms with E-state index in [2.05, 4.69) is 66.8 Å². The number of halogens is 2. The van der Waals surface area contributed by atoms with Crippen LogP contribution in [0.2, 0.25) is 10.0 Å². The molecule has 1 nitrogen and oxygen atoms in total. The van der Waals surface area contributed by atoms with Crippen molar-refractivity contribution in [2.24, 2.45) is 0 Å². The minimum atomic E-state index is 0.667. The van der Waals surface area contributed by atoms with E-state index < -0.39 is 0 Å². The summed E-state index contributed by atoms with van der Waals surface area (Å²) in [5.41, 5.74) is 6.17. The van der Waals surface area contributed by atoms with E-state index in [9.17, 15) is 0 Å². The summed E-state index contributed by atoms with van der Waals surface area (Å²) in [5.74, 6) is 0.815. The molecule has 0 saturated carbocycles. The van der Waals surface area contributed by atoms with Gasteiger partial charge in [0, 0.05) is 27.2 Å². The van der Waals surface area contributed by atoms with Crippen LogP contribution < -0.4 is 5.32 Å². The molecular formula is C24H23Cl2NS. The van der Waals surface area contributed by atoms with Gasteiger partial charge in [0.05, 0.1) is 0 Å². The molecular weight excluding hydrogens is 405 g/mol. The zero-order valence-electron chi connectivity index (χ0n) is 16.0. The van der Waals surface area contributed by atoms with Crippen molar-refractivity contribution in [3.05, 3.63) is 105 Å². The number of nitrogens with one attached hydrogen (secondary N) is 1. The van der Waals surface area contributed by atoms with E-state index in [-0.39, 0.29) is 0 Å². The standard InChI is InChI=1S/C24H23Cl2NS/c1-17(15-27-2)24(18-6-4-3-5-7-18)19-9-12-22(13-10-19)28-16-20-8-11-21(25)14-23(20)26/h3-14,27H,15-16H2,1-2H3. The molecule has 0 atom stereocenters. The molecule has 0 bridgehead atoms. The van der Waals surface area contributed by atoms with Crippen molar-refractivity contribution in [3.63, 3.8) is 0 Å². The molecule has 0 saturated heterocycles. The van der Waals surface area contributed by atoms with Gasteiger partial charge in [-0.1, -0.05) is 77.3 Å². The predicted octanol–water partition coefficient (Wildman–Crippen LogP) is 7.33. The van der Waals surface area contributed by atoms with Crippen molar-refractivity contribution < 1.29 is 0 Å². The summed E-state index contributed by atoms with van der Waals surface area (Å²) in [6.07, 6.45) is 0. The van der Waals surface area contributed by atoms with Gasteiger partial charge >= 0.3 is 0 Å². The van der Waals surface area contributed by atoms with Gasteiger partial charge in [-0.2, -0.15) is 0 Å². The molecule has 0 aromatic heterocycles. The maximum atomic E-state index is 6.29. The Kier molecular flexibility index (Phi) is 7.64. The summed E-state index contributed by atoms with van der Waals surface area (Å²) in [6.45, 7) is 3.04. The summed E-state index contributed by atoms with van der Waals surface area (Å²) >= 11 is 14.0. The highest BCUT2D eigenvalue weighted by Gasteiger charge is 2.09. The normalized spacial score (nSPS) is 12.0. The lowest BCUT2D eigenvalue weighted by molar-refractivity contribution is 0.882. The summed E-state index contributed by atoms with van der Waals surface area (Å²) in [4.78, 5) is 1.22. The largest absolute Gasteiger partial charge is 0.316 e. The Morgan fingerprint density at radius 1 is 0.893 bits per heavy atom. The van der Waals surface area contributed by atoms with Gasteiger partial charge in [-0.3, -0.25) is 0 Å². The molecule has 0 radical (unpaired) electrons. The number of benzene rings is 3. The summed E-state index contributed by atoms with van der Waals surface area (Å²) < 4.78 is 0. The van der Waals surface area contributed by atoms with E-state index in [0.717, 1.165) is 17.9 Å². The van der Waals surface area contributed by atoms with E-state index in [1.165, 1.54) is 27.2 Å². The second kappa shape index (κ2) is 10.2. The van der Waals surface area contributed by atoms with Crippen LogP contribution in [0.3, 0.4) is 0 Å². The Labute approximate surface area is 181 Å². The van der Waals surface area contributed by atoms with Gasteiger partial charge in [-0.15, -0.1) is 11.8 Å². The molecule has 0 aliphatic carbocycles. The third-order valence-corrected chi connectivity index (χ3v) is 6.13. The van der Waals surface area contributed by atoms with Crippen molar-refractivity contribution in [3.8, 4) is 0 Å². The van der Waals surface area contributed by atoms with Gasteiger partial charge in [0.25, 0.3) is 0 Å². The maximum Gasteiger partial charge on any atom is 0.0461 e. The summed E-state index contributed by atoms with van der Waals surface area (Å²) in [7, 11) is 1.98. The summed E-state index contributed by atoms with van der Waals surface area (Å²) in [5, 5.41) is 4.65. The zero-order valence-corrected chi connectivity index (χ0v) is 18.3. The van der Waals surface area contributed by atoms with Crippen LogP contribution in [0.25, 0.3) is 5.57 Å². The number of hydrogen-bond acceptors (Lipinski definition) is 2. The SMILES string of the molecule is CNCC(C)=C(c1ccccc1)c1ccc(SCc2ccc(Cl)cc2Cl)cc1. The van der Waals surface area contributed by atoms with E-state index >= 15 is 0 Å². The highest BCUT2D eigenvalue weighted by molar-refractivity contribution is 7.98. The molecule has 0 aliphatic rings.